The Labute approximate surface area is 167 Å². The minimum absolute atomic E-state index is 0.0305. The standard InChI is InChI=1S/C22H32O4S/c1-21(2,3)16-8-10-17(11-9-16)27-18(12-14-19(23)25-7)13-15-20(24)26-22(4,5)6/h8-11,13,15,18H,12,14H2,1-7H3/b15-13+/t18-/m0/s1. The van der Waals surface area contributed by atoms with Crippen LogP contribution in [-0.4, -0.2) is 29.9 Å². The lowest BCUT2D eigenvalue weighted by Gasteiger charge is -2.20. The monoisotopic (exact) mass is 392 g/mol. The van der Waals surface area contributed by atoms with Crippen molar-refractivity contribution in [2.24, 2.45) is 0 Å². The molecule has 0 amide bonds. The van der Waals surface area contributed by atoms with Crippen LogP contribution in [0.5, 0.6) is 0 Å². The van der Waals surface area contributed by atoms with Gasteiger partial charge in [-0.2, -0.15) is 0 Å². The third kappa shape index (κ3) is 9.66. The summed E-state index contributed by atoms with van der Waals surface area (Å²) in [4.78, 5) is 24.5. The van der Waals surface area contributed by atoms with Crippen LogP contribution >= 0.6 is 11.8 Å². The van der Waals surface area contributed by atoms with E-state index < -0.39 is 5.60 Å². The van der Waals surface area contributed by atoms with Crippen LogP contribution in [0.15, 0.2) is 41.3 Å². The number of hydrogen-bond acceptors (Lipinski definition) is 5. The first-order valence-electron chi connectivity index (χ1n) is 9.16. The lowest BCUT2D eigenvalue weighted by atomic mass is 9.87. The molecule has 0 aromatic heterocycles. The van der Waals surface area contributed by atoms with E-state index in [0.29, 0.717) is 12.8 Å². The first-order valence-corrected chi connectivity index (χ1v) is 10.0. The van der Waals surface area contributed by atoms with Gasteiger partial charge in [0.15, 0.2) is 0 Å². The average Bonchev–Trinajstić information content (AvgIpc) is 2.55. The summed E-state index contributed by atoms with van der Waals surface area (Å²) >= 11 is 1.62. The van der Waals surface area contributed by atoms with Gasteiger partial charge in [0.2, 0.25) is 0 Å². The molecule has 0 spiro atoms. The third-order valence-electron chi connectivity index (χ3n) is 3.72. The molecule has 4 nitrogen and oxygen atoms in total. The summed E-state index contributed by atoms with van der Waals surface area (Å²) in [5, 5.41) is -0.0305. The Kier molecular flexibility index (Phi) is 8.60. The van der Waals surface area contributed by atoms with Gasteiger partial charge in [-0.3, -0.25) is 4.79 Å². The minimum Gasteiger partial charge on any atom is -0.469 e. The maximum absolute atomic E-state index is 12.0. The maximum atomic E-state index is 12.0. The lowest BCUT2D eigenvalue weighted by Crippen LogP contribution is -2.22. The van der Waals surface area contributed by atoms with Gasteiger partial charge in [-0.05, 0) is 50.3 Å². The summed E-state index contributed by atoms with van der Waals surface area (Å²) < 4.78 is 10.0. The molecule has 0 fully saturated rings. The van der Waals surface area contributed by atoms with Crippen molar-refractivity contribution in [3.8, 4) is 0 Å². The van der Waals surface area contributed by atoms with Crippen molar-refractivity contribution >= 4 is 23.7 Å². The zero-order chi connectivity index (χ0) is 20.7. The van der Waals surface area contributed by atoms with Crippen LogP contribution in [0.3, 0.4) is 0 Å². The fourth-order valence-electron chi connectivity index (χ4n) is 2.29. The molecule has 5 heteroatoms. The fourth-order valence-corrected chi connectivity index (χ4v) is 3.32. The third-order valence-corrected chi connectivity index (χ3v) is 4.96. The van der Waals surface area contributed by atoms with Crippen LogP contribution in [0, 0.1) is 0 Å². The summed E-state index contributed by atoms with van der Waals surface area (Å²) in [7, 11) is 1.38. The number of carbonyl (C=O) groups is 2. The summed E-state index contributed by atoms with van der Waals surface area (Å²) in [6.45, 7) is 12.0. The van der Waals surface area contributed by atoms with Gasteiger partial charge < -0.3 is 9.47 Å². The molecule has 150 valence electrons. The van der Waals surface area contributed by atoms with Gasteiger partial charge in [-0.25, -0.2) is 4.79 Å². The molecule has 0 radical (unpaired) electrons. The molecule has 1 rings (SSSR count). The number of thioether (sulfide) groups is 1. The second-order valence-electron chi connectivity index (χ2n) is 8.44. The number of carbonyl (C=O) groups excluding carboxylic acids is 2. The van der Waals surface area contributed by atoms with Gasteiger partial charge in [0.05, 0.1) is 7.11 Å². The van der Waals surface area contributed by atoms with Crippen molar-refractivity contribution in [3.05, 3.63) is 42.0 Å². The van der Waals surface area contributed by atoms with Crippen molar-refractivity contribution in [3.63, 3.8) is 0 Å². The van der Waals surface area contributed by atoms with Gasteiger partial charge in [0, 0.05) is 22.6 Å². The molecule has 0 saturated heterocycles. The summed E-state index contributed by atoms with van der Waals surface area (Å²) in [6, 6.07) is 8.41. The second kappa shape index (κ2) is 9.98. The zero-order valence-corrected chi connectivity index (χ0v) is 18.3. The first-order chi connectivity index (χ1) is 12.4. The first kappa shape index (κ1) is 23.3. The molecule has 1 aromatic rings. The Bertz CT molecular complexity index is 648. The SMILES string of the molecule is COC(=O)CC[C@@H](/C=C/C(=O)OC(C)(C)C)Sc1ccc(C(C)(C)C)cc1. The maximum Gasteiger partial charge on any atom is 0.330 e. The van der Waals surface area contributed by atoms with Crippen LogP contribution in [0.25, 0.3) is 0 Å². The van der Waals surface area contributed by atoms with Crippen LogP contribution in [0.2, 0.25) is 0 Å². The number of methoxy groups -OCH3 is 1. The Hall–Kier alpha value is -1.75. The van der Waals surface area contributed by atoms with Gasteiger partial charge in [-0.15, -0.1) is 11.8 Å². The molecule has 0 N–H and O–H groups in total. The molecule has 0 heterocycles. The van der Waals surface area contributed by atoms with Crippen molar-refractivity contribution in [1.82, 2.24) is 0 Å². The zero-order valence-electron chi connectivity index (χ0n) is 17.5. The van der Waals surface area contributed by atoms with Gasteiger partial charge in [-0.1, -0.05) is 39.0 Å². The lowest BCUT2D eigenvalue weighted by molar-refractivity contribution is -0.148. The minimum atomic E-state index is -0.529. The summed E-state index contributed by atoms with van der Waals surface area (Å²) in [6.07, 6.45) is 4.13. The highest BCUT2D eigenvalue weighted by Gasteiger charge is 2.17. The van der Waals surface area contributed by atoms with Gasteiger partial charge >= 0.3 is 11.9 Å². The molecule has 0 saturated carbocycles. The van der Waals surface area contributed by atoms with E-state index in [0.717, 1.165) is 4.90 Å². The average molecular weight is 393 g/mol. The van der Waals surface area contributed by atoms with Gasteiger partial charge in [0.25, 0.3) is 0 Å². The van der Waals surface area contributed by atoms with E-state index in [4.69, 9.17) is 9.47 Å². The summed E-state index contributed by atoms with van der Waals surface area (Å²) in [5.41, 5.74) is 0.838. The highest BCUT2D eigenvalue weighted by Crippen LogP contribution is 2.30. The number of hydrogen-bond donors (Lipinski definition) is 0. The van der Waals surface area contributed by atoms with Crippen LogP contribution < -0.4 is 0 Å². The molecule has 0 unspecified atom stereocenters. The highest BCUT2D eigenvalue weighted by molar-refractivity contribution is 8.00. The molecular weight excluding hydrogens is 360 g/mol. The molecule has 0 aliphatic carbocycles. The van der Waals surface area contributed by atoms with E-state index >= 15 is 0 Å². The number of rotatable bonds is 7. The quantitative estimate of drug-likeness (QED) is 0.358. The molecular formula is C22H32O4S. The summed E-state index contributed by atoms with van der Waals surface area (Å²) in [5.74, 6) is -0.636. The van der Waals surface area contributed by atoms with Crippen LogP contribution in [0.1, 0.15) is 59.9 Å². The number of esters is 2. The highest BCUT2D eigenvalue weighted by atomic mass is 32.2. The Morgan fingerprint density at radius 1 is 1.07 bits per heavy atom. The predicted molar refractivity (Wildman–Crippen MR) is 111 cm³/mol. The van der Waals surface area contributed by atoms with Crippen molar-refractivity contribution in [2.45, 2.75) is 75.5 Å². The number of ether oxygens (including phenoxy) is 2. The fraction of sp³-hybridized carbons (Fsp3) is 0.545. The normalized spacial score (nSPS) is 13.4. The molecule has 0 aliphatic rings. The predicted octanol–water partition coefficient (Wildman–Crippen LogP) is 5.30. The Morgan fingerprint density at radius 2 is 1.67 bits per heavy atom. The van der Waals surface area contributed by atoms with Crippen molar-refractivity contribution < 1.29 is 19.1 Å². The topological polar surface area (TPSA) is 52.6 Å². The largest absolute Gasteiger partial charge is 0.469 e. The molecule has 0 bridgehead atoms. The smallest absolute Gasteiger partial charge is 0.330 e. The van der Waals surface area contributed by atoms with Gasteiger partial charge in [0.1, 0.15) is 5.60 Å². The van der Waals surface area contributed by atoms with E-state index in [1.54, 1.807) is 17.8 Å². The second-order valence-corrected chi connectivity index (χ2v) is 9.75. The molecule has 0 aliphatic heterocycles. The molecule has 1 aromatic carbocycles. The van der Waals surface area contributed by atoms with Crippen LogP contribution in [0.4, 0.5) is 0 Å². The molecule has 1 atom stereocenters. The Balaban J connectivity index is 2.84. The van der Waals surface area contributed by atoms with Crippen molar-refractivity contribution in [2.75, 3.05) is 7.11 Å². The van der Waals surface area contributed by atoms with E-state index in [-0.39, 0.29) is 22.6 Å². The van der Waals surface area contributed by atoms with E-state index in [9.17, 15) is 9.59 Å². The van der Waals surface area contributed by atoms with E-state index in [1.165, 1.54) is 18.7 Å². The molecule has 27 heavy (non-hydrogen) atoms. The van der Waals surface area contributed by atoms with Crippen LogP contribution in [-0.2, 0) is 24.5 Å². The van der Waals surface area contributed by atoms with E-state index in [2.05, 4.69) is 45.0 Å². The Morgan fingerprint density at radius 3 is 2.15 bits per heavy atom. The van der Waals surface area contributed by atoms with Crippen molar-refractivity contribution in [1.29, 1.82) is 0 Å². The van der Waals surface area contributed by atoms with E-state index in [1.807, 2.05) is 20.8 Å². The number of benzene rings is 1.